The lowest BCUT2D eigenvalue weighted by molar-refractivity contribution is -0.118. The standard InChI is InChI=1S/C23H27N5O4S/c1-6-28-22(17-9-12-19(31-4)20(13-17)32-5)26-27-23(28)33-14-21(29)25-24-15(2)16-7-10-18(30-3)11-8-16/h7-13H,6,14H2,1-5H3,(H,25,29)/b24-15-. The highest BCUT2D eigenvalue weighted by Gasteiger charge is 2.16. The molecule has 2 aromatic carbocycles. The van der Waals surface area contributed by atoms with E-state index in [-0.39, 0.29) is 11.7 Å². The molecule has 174 valence electrons. The summed E-state index contributed by atoms with van der Waals surface area (Å²) in [7, 11) is 4.79. The number of hydrogen-bond acceptors (Lipinski definition) is 8. The lowest BCUT2D eigenvalue weighted by Gasteiger charge is -2.10. The normalized spacial score (nSPS) is 11.2. The quantitative estimate of drug-likeness (QED) is 0.275. The monoisotopic (exact) mass is 469 g/mol. The number of nitrogens with one attached hydrogen (secondary N) is 1. The summed E-state index contributed by atoms with van der Waals surface area (Å²) in [5.41, 5.74) is 5.03. The van der Waals surface area contributed by atoms with E-state index in [0.717, 1.165) is 16.9 Å². The Kier molecular flexibility index (Phi) is 8.31. The van der Waals surface area contributed by atoms with Crippen molar-refractivity contribution >= 4 is 23.4 Å². The van der Waals surface area contributed by atoms with Crippen molar-refractivity contribution in [1.82, 2.24) is 20.2 Å². The van der Waals surface area contributed by atoms with Gasteiger partial charge in [-0.05, 0) is 61.9 Å². The molecule has 0 unspecified atom stereocenters. The average Bonchev–Trinajstić information content (AvgIpc) is 3.28. The van der Waals surface area contributed by atoms with Crippen molar-refractivity contribution in [3.05, 3.63) is 48.0 Å². The van der Waals surface area contributed by atoms with E-state index in [4.69, 9.17) is 14.2 Å². The summed E-state index contributed by atoms with van der Waals surface area (Å²) in [6.45, 7) is 4.48. The van der Waals surface area contributed by atoms with E-state index in [1.165, 1.54) is 11.8 Å². The first-order valence-electron chi connectivity index (χ1n) is 10.3. The molecule has 0 saturated heterocycles. The van der Waals surface area contributed by atoms with Crippen LogP contribution in [0.3, 0.4) is 0 Å². The van der Waals surface area contributed by atoms with E-state index in [1.807, 2.05) is 60.9 Å². The second-order valence-electron chi connectivity index (χ2n) is 6.87. The van der Waals surface area contributed by atoms with Gasteiger partial charge in [0.25, 0.3) is 5.91 Å². The van der Waals surface area contributed by atoms with Gasteiger partial charge in [-0.2, -0.15) is 5.10 Å². The zero-order chi connectivity index (χ0) is 23.8. The van der Waals surface area contributed by atoms with Gasteiger partial charge in [-0.15, -0.1) is 10.2 Å². The molecule has 0 radical (unpaired) electrons. The van der Waals surface area contributed by atoms with Crippen LogP contribution >= 0.6 is 11.8 Å². The largest absolute Gasteiger partial charge is 0.497 e. The van der Waals surface area contributed by atoms with Crippen molar-refractivity contribution in [2.45, 2.75) is 25.5 Å². The van der Waals surface area contributed by atoms with Crippen LogP contribution in [-0.2, 0) is 11.3 Å². The first-order valence-corrected chi connectivity index (χ1v) is 11.2. The SMILES string of the molecule is CCn1c(SCC(=O)N/N=C(/C)c2ccc(OC)cc2)nnc1-c1ccc(OC)c(OC)c1. The van der Waals surface area contributed by atoms with E-state index in [1.54, 1.807) is 21.3 Å². The molecule has 10 heteroatoms. The highest BCUT2D eigenvalue weighted by atomic mass is 32.2. The fourth-order valence-electron chi connectivity index (χ4n) is 3.07. The van der Waals surface area contributed by atoms with E-state index < -0.39 is 0 Å². The Hall–Kier alpha value is -3.53. The summed E-state index contributed by atoms with van der Waals surface area (Å²) in [6.07, 6.45) is 0. The van der Waals surface area contributed by atoms with Crippen molar-refractivity contribution in [2.24, 2.45) is 5.10 Å². The van der Waals surface area contributed by atoms with Crippen LogP contribution in [0, 0.1) is 0 Å². The van der Waals surface area contributed by atoms with Crippen LogP contribution in [0.2, 0.25) is 0 Å². The van der Waals surface area contributed by atoms with Crippen molar-refractivity contribution in [3.63, 3.8) is 0 Å². The Balaban J connectivity index is 1.65. The lowest BCUT2D eigenvalue weighted by atomic mass is 10.1. The molecule has 1 heterocycles. The third kappa shape index (κ3) is 5.83. The molecule has 0 aliphatic carbocycles. The first-order chi connectivity index (χ1) is 16.0. The molecule has 0 aliphatic rings. The molecule has 33 heavy (non-hydrogen) atoms. The molecule has 1 amide bonds. The summed E-state index contributed by atoms with van der Waals surface area (Å²) in [6, 6.07) is 13.0. The van der Waals surface area contributed by atoms with Gasteiger partial charge in [0.1, 0.15) is 5.75 Å². The third-order valence-corrected chi connectivity index (χ3v) is 5.83. The Morgan fingerprint density at radius 1 is 1.03 bits per heavy atom. The predicted molar refractivity (Wildman–Crippen MR) is 128 cm³/mol. The Morgan fingerprint density at radius 3 is 2.39 bits per heavy atom. The zero-order valence-corrected chi connectivity index (χ0v) is 20.1. The van der Waals surface area contributed by atoms with Crippen LogP contribution in [0.1, 0.15) is 19.4 Å². The van der Waals surface area contributed by atoms with E-state index >= 15 is 0 Å². The van der Waals surface area contributed by atoms with Crippen molar-refractivity contribution < 1.29 is 19.0 Å². The zero-order valence-electron chi connectivity index (χ0n) is 19.3. The molecule has 0 bridgehead atoms. The Labute approximate surface area is 197 Å². The number of thioether (sulfide) groups is 1. The fraction of sp³-hybridized carbons (Fsp3) is 0.304. The fourth-order valence-corrected chi connectivity index (χ4v) is 3.87. The summed E-state index contributed by atoms with van der Waals surface area (Å²) < 4.78 is 17.8. The molecular formula is C23H27N5O4S. The number of methoxy groups -OCH3 is 3. The smallest absolute Gasteiger partial charge is 0.250 e. The molecule has 0 spiro atoms. The Bertz CT molecular complexity index is 1130. The van der Waals surface area contributed by atoms with E-state index in [9.17, 15) is 4.79 Å². The van der Waals surface area contributed by atoms with Gasteiger partial charge >= 0.3 is 0 Å². The summed E-state index contributed by atoms with van der Waals surface area (Å²) >= 11 is 1.30. The van der Waals surface area contributed by atoms with Crippen molar-refractivity contribution in [2.75, 3.05) is 27.1 Å². The van der Waals surface area contributed by atoms with Crippen LogP contribution in [-0.4, -0.2) is 53.5 Å². The average molecular weight is 470 g/mol. The summed E-state index contributed by atoms with van der Waals surface area (Å²) in [4.78, 5) is 12.3. The highest BCUT2D eigenvalue weighted by molar-refractivity contribution is 7.99. The lowest BCUT2D eigenvalue weighted by Crippen LogP contribution is -2.21. The van der Waals surface area contributed by atoms with Crippen LogP contribution in [0.15, 0.2) is 52.7 Å². The molecule has 0 fully saturated rings. The van der Waals surface area contributed by atoms with Crippen molar-refractivity contribution in [1.29, 1.82) is 0 Å². The van der Waals surface area contributed by atoms with Crippen LogP contribution in [0.4, 0.5) is 0 Å². The molecule has 0 aliphatic heterocycles. The van der Waals surface area contributed by atoms with Gasteiger partial charge in [-0.3, -0.25) is 4.79 Å². The van der Waals surface area contributed by atoms with Gasteiger partial charge in [-0.1, -0.05) is 11.8 Å². The molecule has 3 aromatic rings. The van der Waals surface area contributed by atoms with Gasteiger partial charge in [0.05, 0.1) is 32.8 Å². The van der Waals surface area contributed by atoms with E-state index in [2.05, 4.69) is 20.7 Å². The number of carbonyl (C=O) groups is 1. The number of rotatable bonds is 10. The minimum atomic E-state index is -0.230. The van der Waals surface area contributed by atoms with Gasteiger partial charge in [0, 0.05) is 12.1 Å². The first kappa shape index (κ1) is 24.1. The Morgan fingerprint density at radius 2 is 1.76 bits per heavy atom. The summed E-state index contributed by atoms with van der Waals surface area (Å²) in [5.74, 6) is 2.63. The highest BCUT2D eigenvalue weighted by Crippen LogP contribution is 2.32. The van der Waals surface area contributed by atoms with Crippen LogP contribution in [0.5, 0.6) is 17.2 Å². The van der Waals surface area contributed by atoms with Crippen molar-refractivity contribution in [3.8, 4) is 28.6 Å². The molecule has 0 saturated carbocycles. The molecule has 3 rings (SSSR count). The number of amides is 1. The predicted octanol–water partition coefficient (Wildman–Crippen LogP) is 3.62. The third-order valence-electron chi connectivity index (χ3n) is 4.86. The molecule has 0 atom stereocenters. The molecular weight excluding hydrogens is 442 g/mol. The molecule has 1 N–H and O–H groups in total. The van der Waals surface area contributed by atoms with Crippen LogP contribution in [0.25, 0.3) is 11.4 Å². The second kappa shape index (κ2) is 11.4. The van der Waals surface area contributed by atoms with Gasteiger partial charge < -0.3 is 18.8 Å². The number of benzene rings is 2. The second-order valence-corrected chi connectivity index (χ2v) is 7.81. The maximum absolute atomic E-state index is 12.3. The maximum atomic E-state index is 12.3. The van der Waals surface area contributed by atoms with Crippen LogP contribution < -0.4 is 19.6 Å². The van der Waals surface area contributed by atoms with Gasteiger partial charge in [0.2, 0.25) is 0 Å². The number of nitrogens with zero attached hydrogens (tertiary/aromatic N) is 4. The maximum Gasteiger partial charge on any atom is 0.250 e. The number of carbonyl (C=O) groups excluding carboxylic acids is 1. The minimum absolute atomic E-state index is 0.156. The topological polar surface area (TPSA) is 99.9 Å². The number of ether oxygens (including phenoxy) is 3. The summed E-state index contributed by atoms with van der Waals surface area (Å²) in [5, 5.41) is 13.4. The number of hydrogen-bond donors (Lipinski definition) is 1. The minimum Gasteiger partial charge on any atom is -0.497 e. The molecule has 1 aromatic heterocycles. The number of aromatic nitrogens is 3. The van der Waals surface area contributed by atoms with Gasteiger partial charge in [-0.25, -0.2) is 5.43 Å². The number of hydrazone groups is 1. The molecule has 9 nitrogen and oxygen atoms in total. The van der Waals surface area contributed by atoms with Gasteiger partial charge in [0.15, 0.2) is 22.5 Å². The van der Waals surface area contributed by atoms with E-state index in [0.29, 0.717) is 34.7 Å².